The van der Waals surface area contributed by atoms with Gasteiger partial charge < -0.3 is 4.90 Å². The first kappa shape index (κ1) is 30.7. The maximum Gasteiger partial charge on any atom is 0.0726 e. The molecule has 1 atom stereocenters. The van der Waals surface area contributed by atoms with Crippen LogP contribution in [0.5, 0.6) is 0 Å². The Morgan fingerprint density at radius 1 is 0.327 bits per heavy atom. The molecule has 2 heteroatoms. The zero-order valence-corrected chi connectivity index (χ0v) is 30.7. The van der Waals surface area contributed by atoms with Gasteiger partial charge in [-0.1, -0.05) is 158 Å². The van der Waals surface area contributed by atoms with E-state index in [1.54, 1.807) is 0 Å². The molecule has 9 aromatic carbocycles. The van der Waals surface area contributed by atoms with Crippen molar-refractivity contribution in [3.8, 4) is 33.4 Å². The number of benzene rings is 9. The predicted molar refractivity (Wildman–Crippen MR) is 233 cm³/mol. The second kappa shape index (κ2) is 11.6. The number of para-hydroxylation sites is 1. The maximum absolute atomic E-state index is 2.50. The first-order chi connectivity index (χ1) is 27.3. The minimum Gasteiger partial charge on any atom is -0.310 e. The quantitative estimate of drug-likeness (QED) is 0.175. The van der Waals surface area contributed by atoms with E-state index < -0.39 is 5.41 Å². The highest BCUT2D eigenvalue weighted by molar-refractivity contribution is 7.25. The molecule has 0 radical (unpaired) electrons. The van der Waals surface area contributed by atoms with Crippen LogP contribution < -0.4 is 4.90 Å². The standard InChI is InChI=1S/C53H33NS/c1-3-14-34(15-4-1)38-30-31-45-40-19-8-11-23-47(40)53(48-24-13-21-44(38)52(45)48)46-22-10-7-18-39(46)41-28-26-36(32-49(41)53)54(35-16-5-2-6-17-35)37-27-29-43-42-20-9-12-25-50(42)55-51(43)33-37/h1-33H. The lowest BCUT2D eigenvalue weighted by molar-refractivity contribution is 0.773. The molecule has 2 aliphatic carbocycles. The number of rotatable bonds is 4. The van der Waals surface area contributed by atoms with Gasteiger partial charge in [0.05, 0.1) is 5.41 Å². The number of thiophene rings is 1. The topological polar surface area (TPSA) is 3.24 Å². The Kier molecular flexibility index (Phi) is 6.49. The van der Waals surface area contributed by atoms with Crippen molar-refractivity contribution in [3.63, 3.8) is 0 Å². The van der Waals surface area contributed by atoms with Crippen molar-refractivity contribution in [1.82, 2.24) is 0 Å². The molecule has 0 bridgehead atoms. The van der Waals surface area contributed by atoms with Crippen LogP contribution in [-0.4, -0.2) is 0 Å². The van der Waals surface area contributed by atoms with Gasteiger partial charge in [-0.3, -0.25) is 0 Å². The van der Waals surface area contributed by atoms with Crippen LogP contribution >= 0.6 is 11.3 Å². The second-order valence-electron chi connectivity index (χ2n) is 14.8. The number of hydrogen-bond donors (Lipinski definition) is 0. The van der Waals surface area contributed by atoms with Gasteiger partial charge in [-0.2, -0.15) is 0 Å². The molecule has 1 unspecified atom stereocenters. The predicted octanol–water partition coefficient (Wildman–Crippen LogP) is 14.7. The number of fused-ring (bicyclic) bond motifs is 12. The summed E-state index contributed by atoms with van der Waals surface area (Å²) in [7, 11) is 0. The monoisotopic (exact) mass is 715 g/mol. The number of hydrogen-bond acceptors (Lipinski definition) is 2. The third-order valence-corrected chi connectivity index (χ3v) is 13.2. The van der Waals surface area contributed by atoms with E-state index in [0.29, 0.717) is 0 Å². The Morgan fingerprint density at radius 3 is 1.71 bits per heavy atom. The van der Waals surface area contributed by atoms with E-state index in [2.05, 4.69) is 205 Å². The average molecular weight is 716 g/mol. The fourth-order valence-electron chi connectivity index (χ4n) is 9.87. The van der Waals surface area contributed by atoms with E-state index in [1.807, 2.05) is 11.3 Å². The summed E-state index contributed by atoms with van der Waals surface area (Å²) in [5.74, 6) is 0. The molecule has 1 spiro atoms. The lowest BCUT2D eigenvalue weighted by atomic mass is 9.61. The van der Waals surface area contributed by atoms with Crippen LogP contribution in [0.25, 0.3) is 64.3 Å². The highest BCUT2D eigenvalue weighted by atomic mass is 32.1. The van der Waals surface area contributed by atoms with Gasteiger partial charge in [0, 0.05) is 37.2 Å². The minimum atomic E-state index is -0.516. The van der Waals surface area contributed by atoms with Crippen molar-refractivity contribution in [2.24, 2.45) is 0 Å². The van der Waals surface area contributed by atoms with Gasteiger partial charge in [-0.05, 0) is 109 Å². The van der Waals surface area contributed by atoms with Crippen molar-refractivity contribution in [1.29, 1.82) is 0 Å². The normalized spacial score (nSPS) is 15.0. The molecule has 1 nitrogen and oxygen atoms in total. The summed E-state index contributed by atoms with van der Waals surface area (Å²) in [6.07, 6.45) is 0. The van der Waals surface area contributed by atoms with Gasteiger partial charge in [-0.25, -0.2) is 0 Å². The molecule has 0 aliphatic heterocycles. The molecule has 0 amide bonds. The summed E-state index contributed by atoms with van der Waals surface area (Å²) in [5, 5.41) is 5.25. The van der Waals surface area contributed by atoms with E-state index in [9.17, 15) is 0 Å². The summed E-state index contributed by atoms with van der Waals surface area (Å²) < 4.78 is 2.61. The van der Waals surface area contributed by atoms with Crippen molar-refractivity contribution >= 4 is 59.3 Å². The van der Waals surface area contributed by atoms with Crippen LogP contribution in [-0.2, 0) is 5.41 Å². The van der Waals surface area contributed by atoms with Crippen LogP contribution in [0, 0.1) is 0 Å². The largest absolute Gasteiger partial charge is 0.310 e. The first-order valence-corrected chi connectivity index (χ1v) is 19.8. The Bertz CT molecular complexity index is 3160. The van der Waals surface area contributed by atoms with Crippen molar-refractivity contribution < 1.29 is 0 Å². The molecule has 1 aromatic heterocycles. The van der Waals surface area contributed by atoms with Gasteiger partial charge in [0.1, 0.15) is 0 Å². The maximum atomic E-state index is 2.50. The third kappa shape index (κ3) is 4.23. The summed E-state index contributed by atoms with van der Waals surface area (Å²) in [4.78, 5) is 2.44. The summed E-state index contributed by atoms with van der Waals surface area (Å²) >= 11 is 1.87. The fourth-order valence-corrected chi connectivity index (χ4v) is 11.0. The second-order valence-corrected chi connectivity index (χ2v) is 15.9. The fraction of sp³-hybridized carbons (Fsp3) is 0.0189. The molecule has 0 fully saturated rings. The van der Waals surface area contributed by atoms with Crippen molar-refractivity contribution in [2.75, 3.05) is 4.90 Å². The molecule has 256 valence electrons. The molecule has 0 saturated heterocycles. The van der Waals surface area contributed by atoms with Crippen LogP contribution in [0.1, 0.15) is 22.3 Å². The zero-order valence-electron chi connectivity index (χ0n) is 29.9. The molecular weight excluding hydrogens is 683 g/mol. The van der Waals surface area contributed by atoms with Gasteiger partial charge in [0.2, 0.25) is 0 Å². The molecule has 10 aromatic rings. The minimum absolute atomic E-state index is 0.516. The van der Waals surface area contributed by atoms with Crippen molar-refractivity contribution in [2.45, 2.75) is 5.41 Å². The summed E-state index contributed by atoms with van der Waals surface area (Å²) in [5.41, 5.74) is 16.0. The molecule has 0 saturated carbocycles. The molecule has 0 N–H and O–H groups in total. The smallest absolute Gasteiger partial charge is 0.0726 e. The average Bonchev–Trinajstić information content (AvgIpc) is 3.77. The van der Waals surface area contributed by atoms with Gasteiger partial charge >= 0.3 is 0 Å². The van der Waals surface area contributed by atoms with Crippen molar-refractivity contribution in [3.05, 3.63) is 222 Å². The summed E-state index contributed by atoms with van der Waals surface area (Å²) in [6, 6.07) is 74.6. The Labute approximate surface area is 324 Å². The highest BCUT2D eigenvalue weighted by Gasteiger charge is 2.50. The van der Waals surface area contributed by atoms with E-state index in [4.69, 9.17) is 0 Å². The van der Waals surface area contributed by atoms with Crippen LogP contribution in [0.4, 0.5) is 17.1 Å². The Balaban J connectivity index is 1.16. The Hall–Kier alpha value is -6.74. The number of anilines is 3. The van der Waals surface area contributed by atoms with Crippen LogP contribution in [0.3, 0.4) is 0 Å². The van der Waals surface area contributed by atoms with Crippen LogP contribution in [0.15, 0.2) is 200 Å². The summed E-state index contributed by atoms with van der Waals surface area (Å²) in [6.45, 7) is 0. The SMILES string of the molecule is c1ccc(-c2ccc3c4c(cccc24)C2(c4ccccc4-c4ccc(N(c5ccccc5)c5ccc6c(c5)sc5ccccc56)cc42)c2ccccc2-3)cc1. The highest BCUT2D eigenvalue weighted by Crippen LogP contribution is 2.63. The Morgan fingerprint density at radius 2 is 0.891 bits per heavy atom. The lowest BCUT2D eigenvalue weighted by Gasteiger charge is -2.40. The van der Waals surface area contributed by atoms with Gasteiger partial charge in [0.25, 0.3) is 0 Å². The van der Waals surface area contributed by atoms with E-state index in [1.165, 1.54) is 86.6 Å². The number of nitrogens with zero attached hydrogens (tertiary/aromatic N) is 1. The van der Waals surface area contributed by atoms with Gasteiger partial charge in [0.15, 0.2) is 0 Å². The molecule has 2 aliphatic rings. The molecular formula is C53H33NS. The molecule has 12 rings (SSSR count). The molecule has 55 heavy (non-hydrogen) atoms. The lowest BCUT2D eigenvalue weighted by Crippen LogP contribution is -2.32. The third-order valence-electron chi connectivity index (χ3n) is 12.1. The zero-order chi connectivity index (χ0) is 36.1. The van der Waals surface area contributed by atoms with Gasteiger partial charge in [-0.15, -0.1) is 11.3 Å². The molecule has 1 heterocycles. The first-order valence-electron chi connectivity index (χ1n) is 19.0. The van der Waals surface area contributed by atoms with E-state index in [0.717, 1.165) is 17.1 Å². The van der Waals surface area contributed by atoms with E-state index >= 15 is 0 Å². The van der Waals surface area contributed by atoms with Crippen LogP contribution in [0.2, 0.25) is 0 Å². The van der Waals surface area contributed by atoms with E-state index in [-0.39, 0.29) is 0 Å².